The van der Waals surface area contributed by atoms with Gasteiger partial charge in [0.15, 0.2) is 0 Å². The van der Waals surface area contributed by atoms with Crippen molar-refractivity contribution < 1.29 is 23.6 Å². The van der Waals surface area contributed by atoms with Crippen LogP contribution >= 0.6 is 0 Å². The summed E-state index contributed by atoms with van der Waals surface area (Å²) in [5.74, 6) is 0.911. The Morgan fingerprint density at radius 2 is 2.00 bits per heavy atom. The Bertz CT molecular complexity index is 639. The van der Waals surface area contributed by atoms with Gasteiger partial charge in [-0.15, -0.1) is 0 Å². The largest absolute Gasteiger partial charge is 0.498 e. The molecule has 0 saturated heterocycles. The van der Waals surface area contributed by atoms with Gasteiger partial charge < -0.3 is 24.1 Å². The highest BCUT2D eigenvalue weighted by Gasteiger charge is 2.42. The lowest BCUT2D eigenvalue weighted by Crippen LogP contribution is -2.40. The molecule has 0 unspecified atom stereocenters. The molecule has 2 aliphatic rings. The van der Waals surface area contributed by atoms with Crippen molar-refractivity contribution in [3.05, 3.63) is 23.3 Å². The van der Waals surface area contributed by atoms with Crippen LogP contribution in [0.25, 0.3) is 0 Å². The van der Waals surface area contributed by atoms with Crippen molar-refractivity contribution in [3.8, 4) is 5.75 Å². The summed E-state index contributed by atoms with van der Waals surface area (Å²) in [4.78, 5) is 10.5. The quantitative estimate of drug-likeness (QED) is 0.729. The monoisotopic (exact) mass is 349 g/mol. The summed E-state index contributed by atoms with van der Waals surface area (Å²) in [7, 11) is 1.27. The van der Waals surface area contributed by atoms with E-state index in [-0.39, 0.29) is 24.4 Å². The molecule has 1 N–H and O–H groups in total. The third-order valence-corrected chi connectivity index (χ3v) is 3.77. The highest BCUT2D eigenvalue weighted by Crippen LogP contribution is 2.28. The molecule has 7 heteroatoms. The fourth-order valence-electron chi connectivity index (χ4n) is 2.57. The van der Waals surface area contributed by atoms with E-state index >= 15 is 0 Å². The van der Waals surface area contributed by atoms with Gasteiger partial charge in [0.25, 0.3) is 0 Å². The Kier molecular flexibility index (Phi) is 5.69. The summed E-state index contributed by atoms with van der Waals surface area (Å²) in [5, 5.41) is 2.36. The van der Waals surface area contributed by atoms with E-state index < -0.39 is 0 Å². The fourth-order valence-corrected chi connectivity index (χ4v) is 2.57. The second-order valence-corrected chi connectivity index (χ2v) is 7.83. The minimum absolute atomic E-state index is 0.262. The average molecular weight is 349 g/mol. The molecule has 1 aromatic carbocycles. The molecule has 6 nitrogen and oxygen atoms in total. The van der Waals surface area contributed by atoms with Crippen LogP contribution in [0.5, 0.6) is 5.75 Å². The van der Waals surface area contributed by atoms with Gasteiger partial charge in [0, 0.05) is 12.5 Å². The summed E-state index contributed by atoms with van der Waals surface area (Å²) in [6.07, 6.45) is -0.387. The van der Waals surface area contributed by atoms with Crippen molar-refractivity contribution in [3.63, 3.8) is 0 Å². The van der Waals surface area contributed by atoms with E-state index in [0.717, 1.165) is 11.2 Å². The zero-order valence-electron chi connectivity index (χ0n) is 16.2. The maximum Gasteiger partial charge on any atom is 0.498 e. The van der Waals surface area contributed by atoms with Gasteiger partial charge in [0.2, 0.25) is 0 Å². The van der Waals surface area contributed by atoms with Crippen LogP contribution < -0.4 is 15.5 Å². The van der Waals surface area contributed by atoms with Gasteiger partial charge in [-0.25, -0.2) is 4.79 Å². The summed E-state index contributed by atoms with van der Waals surface area (Å²) < 4.78 is 22.3. The first-order valence-electron chi connectivity index (χ1n) is 8.48. The number of alkyl carbamates (subject to hydrolysis) is 1. The van der Waals surface area contributed by atoms with E-state index in [0.29, 0.717) is 13.2 Å². The van der Waals surface area contributed by atoms with Gasteiger partial charge in [0.1, 0.15) is 18.0 Å². The average Bonchev–Trinajstić information content (AvgIpc) is 2.84. The molecule has 2 aliphatic heterocycles. The Morgan fingerprint density at radius 3 is 2.56 bits per heavy atom. The van der Waals surface area contributed by atoms with Crippen molar-refractivity contribution in [2.75, 3.05) is 13.7 Å². The van der Waals surface area contributed by atoms with Crippen LogP contribution in [-0.4, -0.2) is 38.1 Å². The Hall–Kier alpha value is -1.73. The van der Waals surface area contributed by atoms with E-state index in [1.807, 2.05) is 40.7 Å². The second kappa shape index (κ2) is 7.26. The number of aryl methyl sites for hydroxylation is 1. The maximum absolute atomic E-state index is 10.5. The van der Waals surface area contributed by atoms with E-state index in [1.165, 1.54) is 18.2 Å². The van der Waals surface area contributed by atoms with Gasteiger partial charge in [-0.1, -0.05) is 6.07 Å². The number of ether oxygens (including phenoxy) is 2. The minimum atomic E-state index is -0.389. The predicted molar refractivity (Wildman–Crippen MR) is 97.3 cm³/mol. The number of rotatable bonds is 0. The molecule has 25 heavy (non-hydrogen) atoms. The number of carbonyl (C=O) groups excluding carboxylic acids is 1. The Labute approximate surface area is 150 Å². The van der Waals surface area contributed by atoms with Crippen molar-refractivity contribution in [2.45, 2.75) is 59.4 Å². The third kappa shape index (κ3) is 5.12. The van der Waals surface area contributed by atoms with Crippen LogP contribution in [0.2, 0.25) is 0 Å². The molecular weight excluding hydrogens is 321 g/mol. The molecular formula is C18H28BNO5. The number of hydrogen-bond donors (Lipinski definition) is 1. The van der Waals surface area contributed by atoms with Crippen LogP contribution in [-0.2, 0) is 20.7 Å². The topological polar surface area (TPSA) is 66.0 Å². The second-order valence-electron chi connectivity index (χ2n) is 7.83. The van der Waals surface area contributed by atoms with Gasteiger partial charge in [0.05, 0.1) is 12.2 Å². The molecule has 0 radical (unpaired) electrons. The zero-order valence-corrected chi connectivity index (χ0v) is 16.2. The van der Waals surface area contributed by atoms with E-state index in [1.54, 1.807) is 0 Å². The van der Waals surface area contributed by atoms with Crippen LogP contribution in [0.15, 0.2) is 12.1 Å². The third-order valence-electron chi connectivity index (χ3n) is 3.77. The minimum Gasteiger partial charge on any atom is -0.491 e. The first-order chi connectivity index (χ1) is 11.5. The maximum atomic E-state index is 10.5. The molecule has 0 aromatic heterocycles. The summed E-state index contributed by atoms with van der Waals surface area (Å²) in [5.41, 5.74) is 2.86. The molecule has 0 spiro atoms. The fraction of sp³-hybridized carbons (Fsp3) is 0.611. The smallest absolute Gasteiger partial charge is 0.491 e. The standard InChI is InChI=1S/C12H15BO3.C6H13NO2/c1-8-4-5-10-11-9(8)6-15-13(11)16-12(2,3)7-14-10;1-6(2,3)9-5(8)7-4/h4-5H,6-7H2,1-3H3;1-4H3,(H,7,8). The molecule has 1 amide bonds. The van der Waals surface area contributed by atoms with Crippen LogP contribution in [0.3, 0.4) is 0 Å². The van der Waals surface area contributed by atoms with Crippen molar-refractivity contribution in [1.82, 2.24) is 5.32 Å². The molecule has 2 heterocycles. The number of carbonyl (C=O) groups is 1. The predicted octanol–water partition coefficient (Wildman–Crippen LogP) is 2.55. The first kappa shape index (κ1) is 19.6. The molecule has 0 atom stereocenters. The van der Waals surface area contributed by atoms with E-state index in [4.69, 9.17) is 18.8 Å². The Morgan fingerprint density at radius 1 is 1.32 bits per heavy atom. The molecule has 0 fully saturated rings. The molecule has 0 aliphatic carbocycles. The SMILES string of the molecule is CNC(=O)OC(C)(C)C.Cc1ccc2c3c1COB3OC(C)(C)CO2. The van der Waals surface area contributed by atoms with Crippen LogP contribution in [0.1, 0.15) is 45.7 Å². The van der Waals surface area contributed by atoms with Gasteiger partial charge in [-0.05, 0) is 58.7 Å². The Balaban J connectivity index is 0.000000217. The molecule has 138 valence electrons. The summed E-state index contributed by atoms with van der Waals surface area (Å²) in [6, 6.07) is 4.10. The summed E-state index contributed by atoms with van der Waals surface area (Å²) >= 11 is 0. The molecule has 0 saturated carbocycles. The highest BCUT2D eigenvalue weighted by atomic mass is 16.6. The number of amides is 1. The van der Waals surface area contributed by atoms with Gasteiger partial charge in [-0.2, -0.15) is 0 Å². The normalized spacial score (nSPS) is 17.5. The lowest BCUT2D eigenvalue weighted by molar-refractivity contribution is 0.0352. The number of nitrogens with one attached hydrogen (secondary N) is 1. The van der Waals surface area contributed by atoms with Crippen LogP contribution in [0.4, 0.5) is 4.79 Å². The van der Waals surface area contributed by atoms with Crippen LogP contribution in [0, 0.1) is 6.92 Å². The molecule has 3 rings (SSSR count). The lowest BCUT2D eigenvalue weighted by Gasteiger charge is -2.24. The van der Waals surface area contributed by atoms with Crippen molar-refractivity contribution in [2.24, 2.45) is 0 Å². The van der Waals surface area contributed by atoms with Crippen molar-refractivity contribution in [1.29, 1.82) is 0 Å². The van der Waals surface area contributed by atoms with E-state index in [9.17, 15) is 4.79 Å². The first-order valence-corrected chi connectivity index (χ1v) is 8.48. The van der Waals surface area contributed by atoms with Gasteiger partial charge >= 0.3 is 13.2 Å². The lowest BCUT2D eigenvalue weighted by atomic mass is 9.76. The zero-order chi connectivity index (χ0) is 18.8. The number of hydrogen-bond acceptors (Lipinski definition) is 5. The number of benzene rings is 1. The van der Waals surface area contributed by atoms with Crippen molar-refractivity contribution >= 4 is 18.7 Å². The molecule has 1 aromatic rings. The van der Waals surface area contributed by atoms with Gasteiger partial charge in [-0.3, -0.25) is 0 Å². The molecule has 0 bridgehead atoms. The summed E-state index contributed by atoms with van der Waals surface area (Å²) in [6.45, 7) is 12.8. The highest BCUT2D eigenvalue weighted by molar-refractivity contribution is 6.64. The van der Waals surface area contributed by atoms with E-state index in [2.05, 4.69) is 18.3 Å².